The molecule has 0 aromatic heterocycles. The molecular weight excluding hydrogens is 302 g/mol. The maximum absolute atomic E-state index is 2.60. The first-order valence-electron chi connectivity index (χ1n) is 10.3. The Hall–Kier alpha value is -1.76. The van der Waals surface area contributed by atoms with Crippen molar-refractivity contribution < 1.29 is 0 Å². The van der Waals surface area contributed by atoms with Gasteiger partial charge in [-0.3, -0.25) is 0 Å². The molecule has 0 atom stereocenters. The van der Waals surface area contributed by atoms with Crippen LogP contribution in [0.15, 0.2) is 54.6 Å². The molecule has 2 rings (SSSR count). The minimum absolute atomic E-state index is 1.19. The lowest BCUT2D eigenvalue weighted by Crippen LogP contribution is -2.25. The highest BCUT2D eigenvalue weighted by atomic mass is 15.1. The van der Waals surface area contributed by atoms with Crippen molar-refractivity contribution in [2.75, 3.05) is 18.0 Å². The molecule has 0 saturated heterocycles. The summed E-state index contributed by atoms with van der Waals surface area (Å²) in [7, 11) is 0. The van der Waals surface area contributed by atoms with Crippen molar-refractivity contribution >= 4 is 5.69 Å². The third kappa shape index (κ3) is 6.94. The minimum atomic E-state index is 1.19. The monoisotopic (exact) mass is 337 g/mol. The van der Waals surface area contributed by atoms with Crippen molar-refractivity contribution in [1.29, 1.82) is 0 Å². The molecule has 0 aliphatic carbocycles. The van der Waals surface area contributed by atoms with Gasteiger partial charge in [0, 0.05) is 18.8 Å². The highest BCUT2D eigenvalue weighted by Crippen LogP contribution is 2.24. The van der Waals surface area contributed by atoms with Crippen LogP contribution in [0.3, 0.4) is 0 Å². The van der Waals surface area contributed by atoms with Gasteiger partial charge in [-0.1, -0.05) is 94.8 Å². The Labute approximate surface area is 155 Å². The van der Waals surface area contributed by atoms with Crippen molar-refractivity contribution in [2.45, 2.75) is 65.2 Å². The van der Waals surface area contributed by atoms with Gasteiger partial charge in [0.05, 0.1) is 0 Å². The van der Waals surface area contributed by atoms with E-state index in [1.807, 2.05) is 0 Å². The first-order chi connectivity index (χ1) is 12.3. The zero-order valence-corrected chi connectivity index (χ0v) is 16.2. The Morgan fingerprint density at radius 3 is 1.60 bits per heavy atom. The van der Waals surface area contributed by atoms with Crippen LogP contribution in [-0.4, -0.2) is 13.1 Å². The molecule has 0 radical (unpaired) electrons. The van der Waals surface area contributed by atoms with Gasteiger partial charge in [-0.25, -0.2) is 0 Å². The lowest BCUT2D eigenvalue weighted by atomic mass is 10.0. The van der Waals surface area contributed by atoms with E-state index >= 15 is 0 Å². The number of hydrogen-bond acceptors (Lipinski definition) is 1. The van der Waals surface area contributed by atoms with Crippen LogP contribution < -0.4 is 4.90 Å². The van der Waals surface area contributed by atoms with Gasteiger partial charge >= 0.3 is 0 Å². The van der Waals surface area contributed by atoms with Crippen LogP contribution in [0.25, 0.3) is 11.1 Å². The summed E-state index contributed by atoms with van der Waals surface area (Å²) in [5.74, 6) is 0. The molecule has 2 aromatic rings. The van der Waals surface area contributed by atoms with Crippen LogP contribution in [0.2, 0.25) is 0 Å². The molecule has 0 aliphatic heterocycles. The van der Waals surface area contributed by atoms with E-state index in [4.69, 9.17) is 0 Å². The molecule has 0 saturated carbocycles. The lowest BCUT2D eigenvalue weighted by Gasteiger charge is -2.25. The average Bonchev–Trinajstić information content (AvgIpc) is 2.68. The van der Waals surface area contributed by atoms with E-state index < -0.39 is 0 Å². The largest absolute Gasteiger partial charge is 0.372 e. The topological polar surface area (TPSA) is 3.24 Å². The van der Waals surface area contributed by atoms with Crippen LogP contribution in [0.5, 0.6) is 0 Å². The molecule has 136 valence electrons. The van der Waals surface area contributed by atoms with Gasteiger partial charge in [-0.2, -0.15) is 0 Å². The first-order valence-corrected chi connectivity index (χ1v) is 10.3. The predicted octanol–water partition coefficient (Wildman–Crippen LogP) is 7.32. The van der Waals surface area contributed by atoms with Gasteiger partial charge in [0.15, 0.2) is 0 Å². The third-order valence-electron chi connectivity index (χ3n) is 4.90. The molecule has 0 bridgehead atoms. The minimum Gasteiger partial charge on any atom is -0.372 e. The van der Waals surface area contributed by atoms with Crippen molar-refractivity contribution in [3.63, 3.8) is 0 Å². The van der Waals surface area contributed by atoms with Gasteiger partial charge in [-0.05, 0) is 36.1 Å². The summed E-state index contributed by atoms with van der Waals surface area (Å²) in [5, 5.41) is 0. The van der Waals surface area contributed by atoms with E-state index in [0.29, 0.717) is 0 Å². The summed E-state index contributed by atoms with van der Waals surface area (Å²) < 4.78 is 0. The van der Waals surface area contributed by atoms with Crippen molar-refractivity contribution in [3.05, 3.63) is 54.6 Å². The summed E-state index contributed by atoms with van der Waals surface area (Å²) in [6.45, 7) is 6.95. The van der Waals surface area contributed by atoms with Crippen LogP contribution >= 0.6 is 0 Å². The number of unbranched alkanes of at least 4 members (excludes halogenated alkanes) is 6. The smallest absolute Gasteiger partial charge is 0.0366 e. The summed E-state index contributed by atoms with van der Waals surface area (Å²) in [5.41, 5.74) is 3.99. The quantitative estimate of drug-likeness (QED) is 0.367. The molecule has 0 unspecified atom stereocenters. The zero-order chi connectivity index (χ0) is 17.7. The van der Waals surface area contributed by atoms with Gasteiger partial charge < -0.3 is 4.90 Å². The normalized spacial score (nSPS) is 10.8. The lowest BCUT2D eigenvalue weighted by molar-refractivity contribution is 0.609. The van der Waals surface area contributed by atoms with Crippen LogP contribution in [-0.2, 0) is 0 Å². The maximum atomic E-state index is 2.60. The summed E-state index contributed by atoms with van der Waals surface area (Å²) in [6.07, 6.45) is 10.6. The number of hydrogen-bond donors (Lipinski definition) is 0. The van der Waals surface area contributed by atoms with Crippen molar-refractivity contribution in [1.82, 2.24) is 0 Å². The Bertz CT molecular complexity index is 546. The SMILES string of the molecule is CCCCCCN(CCCCCC)c1ccc(-c2ccccc2)cc1. The third-order valence-corrected chi connectivity index (χ3v) is 4.90. The van der Waals surface area contributed by atoms with Crippen LogP contribution in [0.4, 0.5) is 5.69 Å². The molecular formula is C24H35N. The number of rotatable bonds is 12. The van der Waals surface area contributed by atoms with Crippen LogP contribution in [0, 0.1) is 0 Å². The van der Waals surface area contributed by atoms with E-state index in [-0.39, 0.29) is 0 Å². The van der Waals surface area contributed by atoms with Gasteiger partial charge in [0.1, 0.15) is 0 Å². The highest BCUT2D eigenvalue weighted by Gasteiger charge is 2.07. The van der Waals surface area contributed by atoms with E-state index in [9.17, 15) is 0 Å². The number of nitrogens with zero attached hydrogens (tertiary/aromatic N) is 1. The van der Waals surface area contributed by atoms with Crippen molar-refractivity contribution in [3.8, 4) is 11.1 Å². The first kappa shape index (κ1) is 19.6. The molecule has 25 heavy (non-hydrogen) atoms. The molecule has 0 heterocycles. The fourth-order valence-electron chi connectivity index (χ4n) is 3.32. The van der Waals surface area contributed by atoms with E-state index in [0.717, 1.165) is 0 Å². The Balaban J connectivity index is 1.98. The van der Waals surface area contributed by atoms with Gasteiger partial charge in [0.2, 0.25) is 0 Å². The Morgan fingerprint density at radius 2 is 1.08 bits per heavy atom. The van der Waals surface area contributed by atoms with Gasteiger partial charge in [-0.15, -0.1) is 0 Å². The zero-order valence-electron chi connectivity index (χ0n) is 16.2. The number of benzene rings is 2. The average molecular weight is 338 g/mol. The molecule has 2 aromatic carbocycles. The predicted molar refractivity (Wildman–Crippen MR) is 112 cm³/mol. The summed E-state index contributed by atoms with van der Waals surface area (Å²) in [6, 6.07) is 19.8. The second-order valence-corrected chi connectivity index (χ2v) is 7.02. The molecule has 1 nitrogen and oxygen atoms in total. The standard InChI is InChI=1S/C24H35N/c1-3-5-7-12-20-25(21-13-8-6-4-2)24-18-16-23(17-19-24)22-14-10-9-11-15-22/h9-11,14-19H,3-8,12-13,20-21H2,1-2H3. The molecule has 0 spiro atoms. The van der Waals surface area contributed by atoms with Gasteiger partial charge in [0.25, 0.3) is 0 Å². The molecule has 0 N–H and O–H groups in total. The van der Waals surface area contributed by atoms with E-state index in [2.05, 4.69) is 73.3 Å². The van der Waals surface area contributed by atoms with E-state index in [1.54, 1.807) is 0 Å². The van der Waals surface area contributed by atoms with Crippen molar-refractivity contribution in [2.24, 2.45) is 0 Å². The molecule has 0 fully saturated rings. The second kappa shape index (κ2) is 11.7. The Kier molecular flexibility index (Phi) is 9.18. The fraction of sp³-hybridized carbons (Fsp3) is 0.500. The summed E-state index contributed by atoms with van der Waals surface area (Å²) in [4.78, 5) is 2.60. The maximum Gasteiger partial charge on any atom is 0.0366 e. The van der Waals surface area contributed by atoms with E-state index in [1.165, 1.54) is 81.3 Å². The molecule has 0 aliphatic rings. The molecule has 1 heteroatoms. The second-order valence-electron chi connectivity index (χ2n) is 7.02. The summed E-state index contributed by atoms with van der Waals surface area (Å²) >= 11 is 0. The van der Waals surface area contributed by atoms with Crippen LogP contribution in [0.1, 0.15) is 65.2 Å². The molecule has 0 amide bonds. The number of anilines is 1. The fourth-order valence-corrected chi connectivity index (χ4v) is 3.32. The highest BCUT2D eigenvalue weighted by molar-refractivity contribution is 5.66. The Morgan fingerprint density at radius 1 is 0.560 bits per heavy atom.